The van der Waals surface area contributed by atoms with Gasteiger partial charge in [-0.25, -0.2) is 0 Å². The van der Waals surface area contributed by atoms with Crippen molar-refractivity contribution >= 4 is 0 Å². The Balaban J connectivity index is 3.01. The molecule has 0 aromatic carbocycles. The van der Waals surface area contributed by atoms with Crippen LogP contribution in [0.4, 0.5) is 13.2 Å². The van der Waals surface area contributed by atoms with Gasteiger partial charge in [0.2, 0.25) is 0 Å². The van der Waals surface area contributed by atoms with Gasteiger partial charge in [0.1, 0.15) is 0 Å². The van der Waals surface area contributed by atoms with Crippen molar-refractivity contribution in [2.45, 2.75) is 32.5 Å². The molecule has 0 bridgehead atoms. The van der Waals surface area contributed by atoms with E-state index < -0.39 is 17.4 Å². The van der Waals surface area contributed by atoms with E-state index in [1.54, 1.807) is 20.8 Å². The van der Waals surface area contributed by atoms with Gasteiger partial charge < -0.3 is 0 Å². The van der Waals surface area contributed by atoms with Crippen molar-refractivity contribution in [1.29, 1.82) is 0 Å². The molecule has 0 atom stereocenters. The molecule has 1 aromatic rings. The zero-order valence-corrected chi connectivity index (χ0v) is 7.55. The van der Waals surface area contributed by atoms with Gasteiger partial charge in [0.05, 0.1) is 11.7 Å². The van der Waals surface area contributed by atoms with Crippen LogP contribution < -0.4 is 0 Å². The number of aromatic nitrogens is 3. The zero-order chi connectivity index (χ0) is 10.3. The normalized spacial score (nSPS) is 13.4. The largest absolute Gasteiger partial charge is 0.436 e. The lowest BCUT2D eigenvalue weighted by molar-refractivity contribution is -0.141. The van der Waals surface area contributed by atoms with Crippen molar-refractivity contribution in [3.05, 3.63) is 11.9 Å². The van der Waals surface area contributed by atoms with Crippen LogP contribution in [0.25, 0.3) is 0 Å². The summed E-state index contributed by atoms with van der Waals surface area (Å²) >= 11 is 0. The Morgan fingerprint density at radius 1 is 1.23 bits per heavy atom. The summed E-state index contributed by atoms with van der Waals surface area (Å²) in [5, 5.41) is 6.87. The molecule has 1 rings (SSSR count). The number of nitrogens with zero attached hydrogens (tertiary/aromatic N) is 3. The summed E-state index contributed by atoms with van der Waals surface area (Å²) in [6.07, 6.45) is -3.69. The summed E-state index contributed by atoms with van der Waals surface area (Å²) in [5.74, 6) is 0. The highest BCUT2D eigenvalue weighted by Crippen LogP contribution is 2.27. The molecule has 0 spiro atoms. The minimum absolute atomic E-state index is 0.524. The van der Waals surface area contributed by atoms with Crippen LogP contribution >= 0.6 is 0 Å². The molecule has 0 saturated heterocycles. The Morgan fingerprint density at radius 3 is 2.00 bits per heavy atom. The third-order valence-electron chi connectivity index (χ3n) is 1.38. The third-order valence-corrected chi connectivity index (χ3v) is 1.38. The fraction of sp³-hybridized carbons (Fsp3) is 0.714. The van der Waals surface area contributed by atoms with Crippen molar-refractivity contribution in [2.75, 3.05) is 0 Å². The first kappa shape index (κ1) is 10.0. The second kappa shape index (κ2) is 2.71. The smallest absolute Gasteiger partial charge is 0.179 e. The third kappa shape index (κ3) is 2.19. The van der Waals surface area contributed by atoms with Gasteiger partial charge in [-0.1, -0.05) is 0 Å². The van der Waals surface area contributed by atoms with Crippen molar-refractivity contribution in [1.82, 2.24) is 15.0 Å². The molecular formula is C7H10F3N3. The SMILES string of the molecule is CC(C)(C)n1ncc(C(F)(F)F)n1. The zero-order valence-electron chi connectivity index (χ0n) is 7.55. The standard InChI is InChI=1S/C7H10F3N3/c1-6(2,3)13-11-4-5(12-13)7(8,9)10/h4H,1-3H3. The van der Waals surface area contributed by atoms with Crippen LogP contribution in [0.15, 0.2) is 6.20 Å². The molecule has 0 radical (unpaired) electrons. The van der Waals surface area contributed by atoms with Gasteiger partial charge in [-0.05, 0) is 20.8 Å². The number of hydrogen-bond acceptors (Lipinski definition) is 2. The quantitative estimate of drug-likeness (QED) is 0.631. The van der Waals surface area contributed by atoms with Gasteiger partial charge in [0.25, 0.3) is 0 Å². The van der Waals surface area contributed by atoms with E-state index in [9.17, 15) is 13.2 Å². The predicted molar refractivity (Wildman–Crippen MR) is 40.0 cm³/mol. The first-order chi connectivity index (χ1) is 5.71. The molecule has 0 aliphatic heterocycles. The van der Waals surface area contributed by atoms with E-state index in [1.165, 1.54) is 0 Å². The highest BCUT2D eigenvalue weighted by Gasteiger charge is 2.35. The Hall–Kier alpha value is -1.07. The van der Waals surface area contributed by atoms with E-state index in [0.29, 0.717) is 0 Å². The topological polar surface area (TPSA) is 30.7 Å². The van der Waals surface area contributed by atoms with E-state index in [2.05, 4.69) is 10.2 Å². The molecule has 0 saturated carbocycles. The van der Waals surface area contributed by atoms with Gasteiger partial charge in [0, 0.05) is 0 Å². The Kier molecular flexibility index (Phi) is 2.09. The number of halogens is 3. The van der Waals surface area contributed by atoms with Gasteiger partial charge in [-0.2, -0.15) is 23.1 Å². The molecule has 6 heteroatoms. The van der Waals surface area contributed by atoms with E-state index in [4.69, 9.17) is 0 Å². The summed E-state index contributed by atoms with van der Waals surface area (Å²) < 4.78 is 36.2. The molecule has 0 unspecified atom stereocenters. The van der Waals surface area contributed by atoms with Crippen LogP contribution in [0.1, 0.15) is 26.5 Å². The minimum Gasteiger partial charge on any atom is -0.179 e. The van der Waals surface area contributed by atoms with E-state index in [0.717, 1.165) is 11.0 Å². The Labute approximate surface area is 73.5 Å². The molecular weight excluding hydrogens is 183 g/mol. The molecule has 0 aliphatic rings. The van der Waals surface area contributed by atoms with Crippen molar-refractivity contribution in [3.63, 3.8) is 0 Å². The average Bonchev–Trinajstić information content (AvgIpc) is 2.28. The van der Waals surface area contributed by atoms with E-state index in [1.807, 2.05) is 0 Å². The maximum atomic E-state index is 12.1. The Bertz CT molecular complexity index is 266. The number of hydrogen-bond donors (Lipinski definition) is 0. The van der Waals surface area contributed by atoms with E-state index >= 15 is 0 Å². The molecule has 13 heavy (non-hydrogen) atoms. The van der Waals surface area contributed by atoms with Gasteiger partial charge in [-0.3, -0.25) is 0 Å². The minimum atomic E-state index is -4.41. The van der Waals surface area contributed by atoms with Gasteiger partial charge in [-0.15, -0.1) is 5.10 Å². The van der Waals surface area contributed by atoms with E-state index in [-0.39, 0.29) is 0 Å². The lowest BCUT2D eigenvalue weighted by Gasteiger charge is -2.16. The summed E-state index contributed by atoms with van der Waals surface area (Å²) in [5.41, 5.74) is -1.48. The molecule has 0 amide bonds. The fourth-order valence-electron chi connectivity index (χ4n) is 0.716. The average molecular weight is 193 g/mol. The maximum Gasteiger partial charge on any atom is 0.436 e. The first-order valence-corrected chi connectivity index (χ1v) is 3.71. The highest BCUT2D eigenvalue weighted by atomic mass is 19.4. The lowest BCUT2D eigenvalue weighted by atomic mass is 10.1. The summed E-state index contributed by atoms with van der Waals surface area (Å²) in [6, 6.07) is 0. The van der Waals surface area contributed by atoms with Gasteiger partial charge >= 0.3 is 6.18 Å². The second-order valence-corrected chi connectivity index (χ2v) is 3.69. The van der Waals surface area contributed by atoms with Crippen molar-refractivity contribution in [2.24, 2.45) is 0 Å². The van der Waals surface area contributed by atoms with Crippen molar-refractivity contribution in [3.8, 4) is 0 Å². The monoisotopic (exact) mass is 193 g/mol. The molecule has 0 aliphatic carbocycles. The number of alkyl halides is 3. The molecule has 3 nitrogen and oxygen atoms in total. The van der Waals surface area contributed by atoms with Crippen molar-refractivity contribution < 1.29 is 13.2 Å². The van der Waals surface area contributed by atoms with Crippen LogP contribution in [-0.2, 0) is 11.7 Å². The molecule has 74 valence electrons. The van der Waals surface area contributed by atoms with Crippen LogP contribution in [0.5, 0.6) is 0 Å². The Morgan fingerprint density at radius 2 is 1.77 bits per heavy atom. The van der Waals surface area contributed by atoms with Crippen LogP contribution in [0, 0.1) is 0 Å². The van der Waals surface area contributed by atoms with Crippen LogP contribution in [-0.4, -0.2) is 15.0 Å². The second-order valence-electron chi connectivity index (χ2n) is 3.69. The summed E-state index contributed by atoms with van der Waals surface area (Å²) in [7, 11) is 0. The lowest BCUT2D eigenvalue weighted by Crippen LogP contribution is -2.25. The molecule has 1 heterocycles. The summed E-state index contributed by atoms with van der Waals surface area (Å²) in [6.45, 7) is 5.19. The first-order valence-electron chi connectivity index (χ1n) is 3.71. The maximum absolute atomic E-state index is 12.1. The molecule has 0 fully saturated rings. The fourth-order valence-corrected chi connectivity index (χ4v) is 0.716. The number of rotatable bonds is 0. The molecule has 0 N–H and O–H groups in total. The molecule has 1 aromatic heterocycles. The summed E-state index contributed by atoms with van der Waals surface area (Å²) in [4.78, 5) is 1.05. The van der Waals surface area contributed by atoms with Gasteiger partial charge in [0.15, 0.2) is 5.69 Å². The van der Waals surface area contributed by atoms with Crippen LogP contribution in [0.2, 0.25) is 0 Å². The van der Waals surface area contributed by atoms with Crippen LogP contribution in [0.3, 0.4) is 0 Å². The highest BCUT2D eigenvalue weighted by molar-refractivity contribution is 4.97. The predicted octanol–water partition coefficient (Wildman–Crippen LogP) is 2.05.